The van der Waals surface area contributed by atoms with Crippen molar-refractivity contribution in [3.05, 3.63) is 71.0 Å². The zero-order chi connectivity index (χ0) is 20.0. The highest BCUT2D eigenvalue weighted by Gasteiger charge is 2.30. The summed E-state index contributed by atoms with van der Waals surface area (Å²) in [6.07, 6.45) is -4.79. The van der Waals surface area contributed by atoms with Crippen molar-refractivity contribution in [1.82, 2.24) is 5.32 Å². The van der Waals surface area contributed by atoms with E-state index in [1.165, 1.54) is 36.4 Å². The summed E-state index contributed by atoms with van der Waals surface area (Å²) in [5.74, 6) is -1.79. The molecule has 0 aromatic heterocycles. The molecule has 0 saturated carbocycles. The first-order chi connectivity index (χ1) is 12.7. The fraction of sp³-hybridized carbons (Fsp3) is 0.263. The van der Waals surface area contributed by atoms with E-state index >= 15 is 0 Å². The van der Waals surface area contributed by atoms with Crippen LogP contribution in [0, 0.1) is 5.82 Å². The van der Waals surface area contributed by atoms with E-state index in [9.17, 15) is 27.2 Å². The smallest absolute Gasteiger partial charge is 0.416 e. The van der Waals surface area contributed by atoms with Gasteiger partial charge in [0.1, 0.15) is 11.9 Å². The summed E-state index contributed by atoms with van der Waals surface area (Å²) in [5.41, 5.74) is -0.109. The first kappa shape index (κ1) is 20.4. The average molecular weight is 383 g/mol. The monoisotopic (exact) mass is 383 g/mol. The Labute approximate surface area is 153 Å². The normalized spacial score (nSPS) is 12.3. The van der Waals surface area contributed by atoms with Gasteiger partial charge in [-0.05, 0) is 29.3 Å². The molecule has 0 spiro atoms. The lowest BCUT2D eigenvalue weighted by Gasteiger charge is -2.17. The Morgan fingerprint density at radius 1 is 1.07 bits per heavy atom. The largest absolute Gasteiger partial charge is 0.467 e. The molecule has 27 heavy (non-hydrogen) atoms. The van der Waals surface area contributed by atoms with Gasteiger partial charge in [0.05, 0.1) is 19.1 Å². The maximum atomic E-state index is 13.0. The van der Waals surface area contributed by atoms with Crippen LogP contribution in [0.1, 0.15) is 16.7 Å². The third-order valence-corrected chi connectivity index (χ3v) is 3.79. The highest BCUT2D eigenvalue weighted by atomic mass is 19.4. The van der Waals surface area contributed by atoms with E-state index in [2.05, 4.69) is 10.1 Å². The van der Waals surface area contributed by atoms with Gasteiger partial charge in [0.15, 0.2) is 0 Å². The first-order valence-electron chi connectivity index (χ1n) is 7.97. The summed E-state index contributed by atoms with van der Waals surface area (Å²) in [6.45, 7) is 0. The minimum Gasteiger partial charge on any atom is -0.467 e. The lowest BCUT2D eigenvalue weighted by Crippen LogP contribution is -2.43. The maximum absolute atomic E-state index is 13.0. The number of carbonyl (C=O) groups is 2. The zero-order valence-electron chi connectivity index (χ0n) is 14.3. The second kappa shape index (κ2) is 8.66. The molecule has 0 fully saturated rings. The summed E-state index contributed by atoms with van der Waals surface area (Å²) >= 11 is 0. The van der Waals surface area contributed by atoms with Crippen LogP contribution in [-0.4, -0.2) is 25.0 Å². The van der Waals surface area contributed by atoms with E-state index < -0.39 is 35.5 Å². The lowest BCUT2D eigenvalue weighted by molar-refractivity contribution is -0.145. The second-order valence-electron chi connectivity index (χ2n) is 5.85. The van der Waals surface area contributed by atoms with Gasteiger partial charge in [-0.15, -0.1) is 0 Å². The van der Waals surface area contributed by atoms with Crippen LogP contribution in [0.4, 0.5) is 17.6 Å². The number of benzene rings is 2. The Kier molecular flexibility index (Phi) is 6.55. The summed E-state index contributed by atoms with van der Waals surface area (Å²) in [4.78, 5) is 24.1. The summed E-state index contributed by atoms with van der Waals surface area (Å²) in [7, 11) is 1.15. The van der Waals surface area contributed by atoms with Crippen molar-refractivity contribution >= 4 is 11.9 Å². The molecular formula is C19H17F4NO3. The first-order valence-corrected chi connectivity index (χ1v) is 7.97. The minimum atomic E-state index is -4.51. The average Bonchev–Trinajstić information content (AvgIpc) is 2.61. The number of alkyl halides is 3. The predicted octanol–water partition coefficient (Wildman–Crippen LogP) is 3.29. The molecule has 0 aliphatic carbocycles. The molecule has 2 aromatic carbocycles. The Balaban J connectivity index is 2.07. The Bertz CT molecular complexity index is 803. The van der Waals surface area contributed by atoms with E-state index in [0.717, 1.165) is 19.2 Å². The van der Waals surface area contributed by atoms with Crippen molar-refractivity contribution in [2.24, 2.45) is 0 Å². The molecule has 0 aliphatic rings. The maximum Gasteiger partial charge on any atom is 0.416 e. The summed E-state index contributed by atoms with van der Waals surface area (Å²) in [6, 6.07) is 8.71. The molecular weight excluding hydrogens is 366 g/mol. The van der Waals surface area contributed by atoms with Crippen LogP contribution >= 0.6 is 0 Å². The van der Waals surface area contributed by atoms with Crippen LogP contribution in [0.5, 0.6) is 0 Å². The predicted molar refractivity (Wildman–Crippen MR) is 89.2 cm³/mol. The van der Waals surface area contributed by atoms with Crippen molar-refractivity contribution in [3.8, 4) is 0 Å². The highest BCUT2D eigenvalue weighted by Crippen LogP contribution is 2.29. The molecule has 2 aromatic rings. The van der Waals surface area contributed by atoms with Gasteiger partial charge < -0.3 is 10.1 Å². The van der Waals surface area contributed by atoms with E-state index in [0.29, 0.717) is 5.56 Å². The number of halogens is 4. The minimum absolute atomic E-state index is 0.0568. The van der Waals surface area contributed by atoms with Crippen LogP contribution in [0.2, 0.25) is 0 Å². The van der Waals surface area contributed by atoms with Gasteiger partial charge in [0.25, 0.3) is 0 Å². The van der Waals surface area contributed by atoms with Crippen LogP contribution in [0.3, 0.4) is 0 Å². The lowest BCUT2D eigenvalue weighted by atomic mass is 10.0. The molecule has 1 atom stereocenters. The van der Waals surface area contributed by atoms with E-state index in [1.54, 1.807) is 0 Å². The number of rotatable bonds is 6. The number of nitrogens with one attached hydrogen (secondary N) is 1. The molecule has 4 nitrogen and oxygen atoms in total. The fourth-order valence-electron chi connectivity index (χ4n) is 2.48. The number of hydrogen-bond acceptors (Lipinski definition) is 3. The van der Waals surface area contributed by atoms with Crippen LogP contribution in [0.25, 0.3) is 0 Å². The second-order valence-corrected chi connectivity index (χ2v) is 5.85. The number of ether oxygens (including phenoxy) is 1. The third kappa shape index (κ3) is 6.09. The molecule has 1 amide bonds. The summed E-state index contributed by atoms with van der Waals surface area (Å²) < 4.78 is 55.9. The molecule has 0 aliphatic heterocycles. The number of methoxy groups -OCH3 is 1. The molecule has 8 heteroatoms. The molecule has 0 unspecified atom stereocenters. The number of esters is 1. The topological polar surface area (TPSA) is 55.4 Å². The van der Waals surface area contributed by atoms with Gasteiger partial charge in [-0.2, -0.15) is 13.2 Å². The third-order valence-electron chi connectivity index (χ3n) is 3.79. The Morgan fingerprint density at radius 2 is 1.74 bits per heavy atom. The van der Waals surface area contributed by atoms with Gasteiger partial charge in [-0.25, -0.2) is 9.18 Å². The number of amides is 1. The van der Waals surface area contributed by atoms with E-state index in [-0.39, 0.29) is 18.4 Å². The standard InChI is InChI=1S/C19H17F4NO3/c1-27-18(26)16(10-12-5-7-15(20)8-6-12)24-17(25)11-13-3-2-4-14(9-13)19(21,22)23/h2-9,16H,10-11H2,1H3,(H,24,25)/t16-/m0/s1. The molecule has 144 valence electrons. The Morgan fingerprint density at radius 3 is 2.33 bits per heavy atom. The summed E-state index contributed by atoms with van der Waals surface area (Å²) in [5, 5.41) is 2.45. The van der Waals surface area contributed by atoms with Crippen LogP contribution in [0.15, 0.2) is 48.5 Å². The number of hydrogen-bond donors (Lipinski definition) is 1. The molecule has 1 N–H and O–H groups in total. The van der Waals surface area contributed by atoms with Crippen LogP contribution < -0.4 is 5.32 Å². The quantitative estimate of drug-likeness (QED) is 0.615. The van der Waals surface area contributed by atoms with Gasteiger partial charge in [0.2, 0.25) is 5.91 Å². The zero-order valence-corrected chi connectivity index (χ0v) is 14.3. The molecule has 0 radical (unpaired) electrons. The van der Waals surface area contributed by atoms with Crippen molar-refractivity contribution in [3.63, 3.8) is 0 Å². The van der Waals surface area contributed by atoms with Crippen LogP contribution in [-0.2, 0) is 33.3 Å². The van der Waals surface area contributed by atoms with Crippen molar-refractivity contribution in [1.29, 1.82) is 0 Å². The molecule has 2 rings (SSSR count). The fourth-order valence-corrected chi connectivity index (χ4v) is 2.48. The van der Waals surface area contributed by atoms with Crippen molar-refractivity contribution < 1.29 is 31.9 Å². The van der Waals surface area contributed by atoms with Crippen molar-refractivity contribution in [2.75, 3.05) is 7.11 Å². The van der Waals surface area contributed by atoms with Gasteiger partial charge >= 0.3 is 12.1 Å². The Hall–Kier alpha value is -2.90. The molecule has 0 bridgehead atoms. The van der Waals surface area contributed by atoms with E-state index in [4.69, 9.17) is 0 Å². The van der Waals surface area contributed by atoms with Gasteiger partial charge in [-0.3, -0.25) is 4.79 Å². The highest BCUT2D eigenvalue weighted by molar-refractivity contribution is 5.85. The number of carbonyl (C=O) groups excluding carboxylic acids is 2. The van der Waals surface area contributed by atoms with Gasteiger partial charge in [-0.1, -0.05) is 30.3 Å². The van der Waals surface area contributed by atoms with Crippen molar-refractivity contribution in [2.45, 2.75) is 25.1 Å². The van der Waals surface area contributed by atoms with E-state index in [1.807, 2.05) is 0 Å². The van der Waals surface area contributed by atoms with Gasteiger partial charge in [0, 0.05) is 6.42 Å². The molecule has 0 heterocycles. The SMILES string of the molecule is COC(=O)[C@H](Cc1ccc(F)cc1)NC(=O)Cc1cccc(C(F)(F)F)c1. The molecule has 0 saturated heterocycles.